The van der Waals surface area contributed by atoms with Crippen molar-refractivity contribution >= 4 is 17.8 Å². The second-order valence-corrected chi connectivity index (χ2v) is 4.63. The molecule has 1 aromatic rings. The number of hydrogen-bond acceptors (Lipinski definition) is 5. The number of ether oxygens (including phenoxy) is 2. The summed E-state index contributed by atoms with van der Waals surface area (Å²) in [5, 5.41) is 10.5. The van der Waals surface area contributed by atoms with Crippen LogP contribution in [0.25, 0.3) is 6.08 Å². The van der Waals surface area contributed by atoms with E-state index in [1.54, 1.807) is 0 Å². The summed E-state index contributed by atoms with van der Waals surface area (Å²) in [5.41, 5.74) is 0.0212. The van der Waals surface area contributed by atoms with Crippen molar-refractivity contribution in [2.24, 2.45) is 0 Å². The van der Waals surface area contributed by atoms with Gasteiger partial charge in [0.25, 0.3) is 0 Å². The van der Waals surface area contributed by atoms with E-state index in [1.165, 1.54) is 23.9 Å². The highest BCUT2D eigenvalue weighted by molar-refractivity contribution is 7.99. The molecule has 0 saturated carbocycles. The molecule has 0 saturated heterocycles. The van der Waals surface area contributed by atoms with E-state index in [4.69, 9.17) is 17.7 Å². The number of nitrogens with zero attached hydrogens (tertiary/aromatic N) is 1. The lowest BCUT2D eigenvalue weighted by molar-refractivity contribution is -0.400. The van der Waals surface area contributed by atoms with Gasteiger partial charge in [-0.2, -0.15) is 0 Å². The first-order chi connectivity index (χ1) is 11.4. The van der Waals surface area contributed by atoms with Crippen LogP contribution in [0.15, 0.2) is 23.2 Å². The van der Waals surface area contributed by atoms with E-state index in [2.05, 4.69) is 0 Å². The Morgan fingerprint density at radius 1 is 1.42 bits per heavy atom. The minimum Gasteiger partial charge on any atom is -0.496 e. The van der Waals surface area contributed by atoms with Crippen molar-refractivity contribution in [3.63, 3.8) is 0 Å². The van der Waals surface area contributed by atoms with E-state index in [1.807, 2.05) is 6.92 Å². The SMILES string of the molecule is [2H]C([2H])([2H])Oc1cc(SCCC)c(OC([2H])([2H])[2H])cc1/C=C/[N+](=O)[O-]. The van der Waals surface area contributed by atoms with Crippen LogP contribution in [0.2, 0.25) is 0 Å². The summed E-state index contributed by atoms with van der Waals surface area (Å²) in [5.74, 6) is 0.475. The van der Waals surface area contributed by atoms with Gasteiger partial charge in [-0.1, -0.05) is 6.92 Å². The number of hydrogen-bond donors (Lipinski definition) is 0. The summed E-state index contributed by atoms with van der Waals surface area (Å²) in [7, 11) is -5.49. The molecule has 5 nitrogen and oxygen atoms in total. The van der Waals surface area contributed by atoms with Crippen LogP contribution in [-0.4, -0.2) is 24.8 Å². The second-order valence-electron chi connectivity index (χ2n) is 3.49. The molecule has 19 heavy (non-hydrogen) atoms. The van der Waals surface area contributed by atoms with Gasteiger partial charge in [0.1, 0.15) is 11.5 Å². The molecule has 0 bridgehead atoms. The molecule has 1 rings (SSSR count). The van der Waals surface area contributed by atoms with Crippen LogP contribution < -0.4 is 9.47 Å². The van der Waals surface area contributed by atoms with Gasteiger partial charge >= 0.3 is 0 Å². The lowest BCUT2D eigenvalue weighted by Gasteiger charge is -2.12. The molecule has 6 heteroatoms. The van der Waals surface area contributed by atoms with Crippen LogP contribution in [0.3, 0.4) is 0 Å². The third kappa shape index (κ3) is 4.48. The molecule has 0 unspecified atom stereocenters. The third-order valence-electron chi connectivity index (χ3n) is 2.13. The molecule has 0 atom stereocenters. The molecule has 0 aliphatic heterocycles. The zero-order valence-electron chi connectivity index (χ0n) is 16.2. The van der Waals surface area contributed by atoms with Crippen molar-refractivity contribution in [1.82, 2.24) is 0 Å². The highest BCUT2D eigenvalue weighted by Gasteiger charge is 2.10. The van der Waals surface area contributed by atoms with Crippen molar-refractivity contribution in [3.05, 3.63) is 34.0 Å². The number of methoxy groups -OCH3 is 2. The van der Waals surface area contributed by atoms with Gasteiger partial charge in [-0.05, 0) is 24.3 Å². The van der Waals surface area contributed by atoms with Gasteiger partial charge in [0, 0.05) is 11.6 Å². The van der Waals surface area contributed by atoms with Gasteiger partial charge in [0.05, 0.1) is 32.1 Å². The Hall–Kier alpha value is -1.69. The lowest BCUT2D eigenvalue weighted by atomic mass is 10.2. The second kappa shape index (κ2) is 7.68. The Balaban J connectivity index is 3.43. The lowest BCUT2D eigenvalue weighted by Crippen LogP contribution is -1.93. The Labute approximate surface area is 125 Å². The van der Waals surface area contributed by atoms with Crippen LogP contribution in [0.4, 0.5) is 0 Å². The van der Waals surface area contributed by atoms with Gasteiger partial charge < -0.3 is 9.47 Å². The zero-order chi connectivity index (χ0) is 19.3. The fourth-order valence-electron chi connectivity index (χ4n) is 1.32. The van der Waals surface area contributed by atoms with Gasteiger partial charge in [-0.15, -0.1) is 11.8 Å². The number of thioether (sulfide) groups is 1. The maximum atomic E-state index is 10.5. The first-order valence-electron chi connectivity index (χ1n) is 8.42. The number of rotatable bonds is 7. The monoisotopic (exact) mass is 289 g/mol. The van der Waals surface area contributed by atoms with Gasteiger partial charge in [0.2, 0.25) is 6.20 Å². The Morgan fingerprint density at radius 2 is 2.16 bits per heavy atom. The molecular weight excluding hydrogens is 266 g/mol. The van der Waals surface area contributed by atoms with Gasteiger partial charge in [0.15, 0.2) is 0 Å². The van der Waals surface area contributed by atoms with Crippen LogP contribution in [-0.2, 0) is 0 Å². The predicted octanol–water partition coefficient (Wildman–Crippen LogP) is 3.45. The fourth-order valence-corrected chi connectivity index (χ4v) is 2.18. The average molecular weight is 289 g/mol. The molecular formula is C13H17NO4S. The molecule has 0 heterocycles. The van der Waals surface area contributed by atoms with E-state index in [0.717, 1.165) is 12.5 Å². The fraction of sp³-hybridized carbons (Fsp3) is 0.385. The van der Waals surface area contributed by atoms with Crippen LogP contribution >= 0.6 is 11.8 Å². The molecule has 104 valence electrons. The minimum atomic E-state index is -2.77. The van der Waals surface area contributed by atoms with E-state index in [0.29, 0.717) is 16.8 Å². The van der Waals surface area contributed by atoms with Crippen molar-refractivity contribution in [2.75, 3.05) is 19.8 Å². The summed E-state index contributed by atoms with van der Waals surface area (Å²) >= 11 is 1.26. The van der Waals surface area contributed by atoms with E-state index < -0.39 is 19.0 Å². The Kier molecular flexibility index (Phi) is 3.43. The van der Waals surface area contributed by atoms with E-state index >= 15 is 0 Å². The zero-order valence-corrected chi connectivity index (χ0v) is 11.0. The summed E-state index contributed by atoms with van der Waals surface area (Å²) in [6.07, 6.45) is 2.40. The largest absolute Gasteiger partial charge is 0.496 e. The summed E-state index contributed by atoms with van der Waals surface area (Å²) < 4.78 is 53.2. The van der Waals surface area contributed by atoms with Crippen LogP contribution in [0, 0.1) is 10.1 Å². The first kappa shape index (κ1) is 8.47. The maximum Gasteiger partial charge on any atom is 0.235 e. The Bertz CT molecular complexity index is 645. The third-order valence-corrected chi connectivity index (χ3v) is 3.38. The smallest absolute Gasteiger partial charge is 0.235 e. The van der Waals surface area contributed by atoms with E-state index in [9.17, 15) is 10.1 Å². The molecule has 0 aliphatic carbocycles. The molecule has 0 spiro atoms. The summed E-state index contributed by atoms with van der Waals surface area (Å²) in [6, 6.07) is 2.53. The maximum absolute atomic E-state index is 10.5. The van der Waals surface area contributed by atoms with Crippen molar-refractivity contribution in [3.8, 4) is 11.5 Å². The van der Waals surface area contributed by atoms with Crippen molar-refractivity contribution < 1.29 is 22.6 Å². The average Bonchev–Trinajstić information content (AvgIpc) is 2.42. The number of nitro groups is 1. The molecule has 0 radical (unpaired) electrons. The minimum absolute atomic E-state index is 0.0212. The van der Waals surface area contributed by atoms with Gasteiger partial charge in [-0.3, -0.25) is 10.1 Å². The molecule has 0 N–H and O–H groups in total. The highest BCUT2D eigenvalue weighted by atomic mass is 32.2. The quantitative estimate of drug-likeness (QED) is 0.437. The van der Waals surface area contributed by atoms with Crippen LogP contribution in [0.1, 0.15) is 27.1 Å². The molecule has 1 aromatic carbocycles. The number of benzene rings is 1. The van der Waals surface area contributed by atoms with Crippen molar-refractivity contribution in [2.45, 2.75) is 18.2 Å². The standard InChI is InChI=1S/C13H17NO4S/c1-4-7-19-13-9-11(17-2)10(5-6-14(15)16)8-12(13)18-3/h5-6,8-9H,4,7H2,1-3H3/b6-5+/i2D3,3D3. The topological polar surface area (TPSA) is 61.6 Å². The molecule has 0 aromatic heterocycles. The Morgan fingerprint density at radius 3 is 2.79 bits per heavy atom. The normalized spacial score (nSPS) is 16.7. The highest BCUT2D eigenvalue weighted by Crippen LogP contribution is 2.36. The predicted molar refractivity (Wildman–Crippen MR) is 76.6 cm³/mol. The van der Waals surface area contributed by atoms with Crippen molar-refractivity contribution in [1.29, 1.82) is 0 Å². The summed E-state index contributed by atoms with van der Waals surface area (Å²) in [4.78, 5) is 10.2. The van der Waals surface area contributed by atoms with Crippen LogP contribution in [0.5, 0.6) is 11.5 Å². The molecule has 0 aliphatic rings. The molecule has 0 fully saturated rings. The molecule has 0 amide bonds. The van der Waals surface area contributed by atoms with Gasteiger partial charge in [-0.25, -0.2) is 0 Å². The summed E-state index contributed by atoms with van der Waals surface area (Å²) in [6.45, 7) is 1.92. The van der Waals surface area contributed by atoms with E-state index in [-0.39, 0.29) is 17.1 Å². The first-order valence-corrected chi connectivity index (χ1v) is 6.40.